The number of urea groups is 1. The number of hydrogen-bond acceptors (Lipinski definition) is 2. The van der Waals surface area contributed by atoms with Gasteiger partial charge < -0.3 is 16.4 Å². The normalized spacial score (nSPS) is 29.5. The topological polar surface area (TPSA) is 67.1 Å². The first-order valence-corrected chi connectivity index (χ1v) is 7.04. The molecular formula is C13H25N3O. The smallest absolute Gasteiger partial charge is 0.315 e. The van der Waals surface area contributed by atoms with Crippen LogP contribution in [0, 0.1) is 11.8 Å². The second kappa shape index (κ2) is 6.24. The van der Waals surface area contributed by atoms with Crippen molar-refractivity contribution in [2.24, 2.45) is 17.6 Å². The average Bonchev–Trinajstić information content (AvgIpc) is 2.96. The first kappa shape index (κ1) is 12.7. The first-order valence-electron chi connectivity index (χ1n) is 7.04. The quantitative estimate of drug-likeness (QED) is 0.697. The van der Waals surface area contributed by atoms with Crippen LogP contribution >= 0.6 is 0 Å². The van der Waals surface area contributed by atoms with Crippen molar-refractivity contribution in [1.29, 1.82) is 0 Å². The maximum atomic E-state index is 11.7. The Kier molecular flexibility index (Phi) is 4.66. The Balaban J connectivity index is 1.65. The van der Waals surface area contributed by atoms with E-state index >= 15 is 0 Å². The number of carbonyl (C=O) groups is 1. The maximum Gasteiger partial charge on any atom is 0.315 e. The van der Waals surface area contributed by atoms with E-state index in [-0.39, 0.29) is 6.03 Å². The molecule has 0 bridgehead atoms. The molecule has 2 unspecified atom stereocenters. The molecule has 98 valence electrons. The van der Waals surface area contributed by atoms with E-state index in [0.29, 0.717) is 17.9 Å². The highest BCUT2D eigenvalue weighted by molar-refractivity contribution is 5.74. The van der Waals surface area contributed by atoms with Crippen LogP contribution in [0.5, 0.6) is 0 Å². The van der Waals surface area contributed by atoms with Gasteiger partial charge in [-0.3, -0.25) is 0 Å². The monoisotopic (exact) mass is 239 g/mol. The standard InChI is InChI=1S/C13H25N3O/c14-8-10-4-3-5-11(10)9-15-13(17)16-12-6-1-2-7-12/h10-12H,1-9,14H2,(H2,15,16,17). The molecule has 17 heavy (non-hydrogen) atoms. The van der Waals surface area contributed by atoms with Crippen molar-refractivity contribution in [3.63, 3.8) is 0 Å². The summed E-state index contributed by atoms with van der Waals surface area (Å²) in [6.45, 7) is 1.55. The largest absolute Gasteiger partial charge is 0.338 e. The molecule has 0 saturated heterocycles. The van der Waals surface area contributed by atoms with E-state index in [9.17, 15) is 4.79 Å². The summed E-state index contributed by atoms with van der Waals surface area (Å²) < 4.78 is 0. The molecule has 2 atom stereocenters. The fourth-order valence-electron chi connectivity index (χ4n) is 3.22. The lowest BCUT2D eigenvalue weighted by atomic mass is 9.96. The third-order valence-electron chi connectivity index (χ3n) is 4.33. The fraction of sp³-hybridized carbons (Fsp3) is 0.923. The van der Waals surface area contributed by atoms with Gasteiger partial charge in [0.2, 0.25) is 0 Å². The summed E-state index contributed by atoms with van der Waals surface area (Å²) in [4.78, 5) is 11.7. The Morgan fingerprint density at radius 2 is 1.76 bits per heavy atom. The molecule has 0 aromatic carbocycles. The molecule has 0 aromatic rings. The number of amides is 2. The van der Waals surface area contributed by atoms with Gasteiger partial charge in [-0.25, -0.2) is 4.79 Å². The summed E-state index contributed by atoms with van der Waals surface area (Å²) in [6, 6.07) is 0.420. The van der Waals surface area contributed by atoms with Crippen LogP contribution in [-0.2, 0) is 0 Å². The predicted octanol–water partition coefficient (Wildman–Crippen LogP) is 1.60. The average molecular weight is 239 g/mol. The number of hydrogen-bond donors (Lipinski definition) is 3. The van der Waals surface area contributed by atoms with Gasteiger partial charge in [-0.2, -0.15) is 0 Å². The summed E-state index contributed by atoms with van der Waals surface area (Å²) >= 11 is 0. The van der Waals surface area contributed by atoms with Crippen LogP contribution in [0.25, 0.3) is 0 Å². The van der Waals surface area contributed by atoms with Crippen molar-refractivity contribution in [1.82, 2.24) is 10.6 Å². The van der Waals surface area contributed by atoms with Crippen LogP contribution < -0.4 is 16.4 Å². The minimum absolute atomic E-state index is 0.0135. The van der Waals surface area contributed by atoms with E-state index in [4.69, 9.17) is 5.73 Å². The van der Waals surface area contributed by atoms with Crippen molar-refractivity contribution in [2.45, 2.75) is 51.0 Å². The lowest BCUT2D eigenvalue weighted by molar-refractivity contribution is 0.233. The van der Waals surface area contributed by atoms with Gasteiger partial charge in [-0.1, -0.05) is 19.3 Å². The molecule has 2 aliphatic carbocycles. The van der Waals surface area contributed by atoms with E-state index in [1.54, 1.807) is 0 Å². The lowest BCUT2D eigenvalue weighted by Crippen LogP contribution is -2.43. The molecule has 2 rings (SSSR count). The van der Waals surface area contributed by atoms with Crippen LogP contribution in [0.4, 0.5) is 4.79 Å². The maximum absolute atomic E-state index is 11.7. The Labute approximate surface area is 104 Å². The first-order chi connectivity index (χ1) is 8.29. The van der Waals surface area contributed by atoms with E-state index < -0.39 is 0 Å². The zero-order valence-electron chi connectivity index (χ0n) is 10.6. The zero-order chi connectivity index (χ0) is 12.1. The third kappa shape index (κ3) is 3.60. The molecule has 0 spiro atoms. The van der Waals surface area contributed by atoms with Gasteiger partial charge in [-0.15, -0.1) is 0 Å². The van der Waals surface area contributed by atoms with Crippen molar-refractivity contribution in [3.05, 3.63) is 0 Å². The van der Waals surface area contributed by atoms with Gasteiger partial charge >= 0.3 is 6.03 Å². The molecule has 0 aliphatic heterocycles. The highest BCUT2D eigenvalue weighted by Crippen LogP contribution is 2.30. The third-order valence-corrected chi connectivity index (χ3v) is 4.33. The van der Waals surface area contributed by atoms with Crippen molar-refractivity contribution < 1.29 is 4.79 Å². The van der Waals surface area contributed by atoms with Crippen molar-refractivity contribution in [2.75, 3.05) is 13.1 Å². The molecule has 4 N–H and O–H groups in total. The van der Waals surface area contributed by atoms with Gasteiger partial charge in [0.25, 0.3) is 0 Å². The molecule has 2 saturated carbocycles. The van der Waals surface area contributed by atoms with Crippen molar-refractivity contribution in [3.8, 4) is 0 Å². The summed E-state index contributed by atoms with van der Waals surface area (Å²) in [6.07, 6.45) is 8.49. The van der Waals surface area contributed by atoms with Gasteiger partial charge in [0.15, 0.2) is 0 Å². The molecule has 2 aliphatic rings. The predicted molar refractivity (Wildman–Crippen MR) is 68.7 cm³/mol. The summed E-state index contributed by atoms with van der Waals surface area (Å²) in [5.74, 6) is 1.20. The Morgan fingerprint density at radius 1 is 1.06 bits per heavy atom. The Morgan fingerprint density at radius 3 is 2.47 bits per heavy atom. The van der Waals surface area contributed by atoms with E-state index in [1.165, 1.54) is 32.1 Å². The lowest BCUT2D eigenvalue weighted by Gasteiger charge is -2.19. The van der Waals surface area contributed by atoms with Gasteiger partial charge in [0.1, 0.15) is 0 Å². The van der Waals surface area contributed by atoms with Crippen molar-refractivity contribution >= 4 is 6.03 Å². The summed E-state index contributed by atoms with van der Waals surface area (Å²) in [5.41, 5.74) is 5.73. The number of rotatable bonds is 4. The van der Waals surface area contributed by atoms with E-state index in [1.807, 2.05) is 0 Å². The number of carbonyl (C=O) groups excluding carboxylic acids is 1. The molecule has 4 heteroatoms. The molecule has 2 amide bonds. The van der Waals surface area contributed by atoms with Crippen LogP contribution in [0.15, 0.2) is 0 Å². The molecule has 4 nitrogen and oxygen atoms in total. The Bertz CT molecular complexity index is 251. The van der Waals surface area contributed by atoms with Crippen LogP contribution in [0.2, 0.25) is 0 Å². The second-order valence-electron chi connectivity index (χ2n) is 5.52. The molecule has 0 radical (unpaired) electrons. The van der Waals surface area contributed by atoms with Crippen LogP contribution in [-0.4, -0.2) is 25.2 Å². The molecular weight excluding hydrogens is 214 g/mol. The van der Waals surface area contributed by atoms with Crippen LogP contribution in [0.1, 0.15) is 44.9 Å². The van der Waals surface area contributed by atoms with Gasteiger partial charge in [0.05, 0.1) is 0 Å². The minimum atomic E-state index is 0.0135. The van der Waals surface area contributed by atoms with E-state index in [0.717, 1.165) is 25.9 Å². The molecule has 0 heterocycles. The summed E-state index contributed by atoms with van der Waals surface area (Å²) in [7, 11) is 0. The molecule has 0 aromatic heterocycles. The van der Waals surface area contributed by atoms with Gasteiger partial charge in [0, 0.05) is 12.6 Å². The van der Waals surface area contributed by atoms with Gasteiger partial charge in [-0.05, 0) is 44.1 Å². The number of nitrogens with one attached hydrogen (secondary N) is 2. The highest BCUT2D eigenvalue weighted by atomic mass is 16.2. The number of nitrogens with two attached hydrogens (primary N) is 1. The van der Waals surface area contributed by atoms with E-state index in [2.05, 4.69) is 10.6 Å². The molecule has 2 fully saturated rings. The van der Waals surface area contributed by atoms with Crippen LogP contribution in [0.3, 0.4) is 0 Å². The highest BCUT2D eigenvalue weighted by Gasteiger charge is 2.26. The fourth-order valence-corrected chi connectivity index (χ4v) is 3.22. The summed E-state index contributed by atoms with van der Waals surface area (Å²) in [5, 5.41) is 6.06. The zero-order valence-corrected chi connectivity index (χ0v) is 10.6. The Hall–Kier alpha value is -0.770. The SMILES string of the molecule is NCC1CCCC1CNC(=O)NC1CCCC1. The second-order valence-corrected chi connectivity index (χ2v) is 5.52. The minimum Gasteiger partial charge on any atom is -0.338 e.